The summed E-state index contributed by atoms with van der Waals surface area (Å²) in [5.41, 5.74) is 1.45. The van der Waals surface area contributed by atoms with Crippen molar-refractivity contribution < 1.29 is 0 Å². The highest BCUT2D eigenvalue weighted by atomic mass is 32.2. The Morgan fingerprint density at radius 3 is 2.90 bits per heavy atom. The highest BCUT2D eigenvalue weighted by molar-refractivity contribution is 7.99. The quantitative estimate of drug-likeness (QED) is 0.728. The summed E-state index contributed by atoms with van der Waals surface area (Å²) in [6.07, 6.45) is 13.9. The Hall–Kier alpha value is -0.990. The summed E-state index contributed by atoms with van der Waals surface area (Å²) < 4.78 is 0. The number of hydrogen-bond donors (Lipinski definition) is 0. The van der Waals surface area contributed by atoms with Crippen LogP contribution in [-0.4, -0.2) is 12.3 Å². The summed E-state index contributed by atoms with van der Waals surface area (Å²) in [5.74, 6) is 1.85. The molecule has 0 saturated carbocycles. The molecule has 0 spiro atoms. The number of thioether (sulfide) groups is 1. The zero-order valence-corrected chi connectivity index (χ0v) is 12.7. The van der Waals surface area contributed by atoms with Crippen LogP contribution in [0.2, 0.25) is 0 Å². The van der Waals surface area contributed by atoms with Crippen molar-refractivity contribution in [2.24, 2.45) is 5.92 Å². The van der Waals surface area contributed by atoms with Gasteiger partial charge in [-0.3, -0.25) is 0 Å². The van der Waals surface area contributed by atoms with E-state index in [4.69, 9.17) is 5.32 Å². The van der Waals surface area contributed by atoms with E-state index in [-0.39, 0.29) is 0 Å². The summed E-state index contributed by atoms with van der Waals surface area (Å²) in [6, 6.07) is 9.30. The summed E-state index contributed by atoms with van der Waals surface area (Å²) in [7, 11) is 0. The molecule has 20 heavy (non-hydrogen) atoms. The third kappa shape index (κ3) is 3.56. The van der Waals surface area contributed by atoms with E-state index in [0.717, 1.165) is 6.54 Å². The highest BCUT2D eigenvalue weighted by Gasteiger charge is 2.19. The Labute approximate surface area is 126 Å². The van der Waals surface area contributed by atoms with E-state index in [1.54, 1.807) is 0 Å². The van der Waals surface area contributed by atoms with Crippen LogP contribution < -0.4 is 5.32 Å². The lowest BCUT2D eigenvalue weighted by molar-refractivity contribution is 0.399. The van der Waals surface area contributed by atoms with Crippen LogP contribution in [0.5, 0.6) is 0 Å². The van der Waals surface area contributed by atoms with Crippen molar-refractivity contribution in [2.45, 2.75) is 36.6 Å². The summed E-state index contributed by atoms with van der Waals surface area (Å²) >= 11 is 2.00. The van der Waals surface area contributed by atoms with Crippen molar-refractivity contribution >= 4 is 11.8 Å². The van der Waals surface area contributed by atoms with Crippen LogP contribution in [0.15, 0.2) is 53.5 Å². The van der Waals surface area contributed by atoms with Crippen molar-refractivity contribution in [2.75, 3.05) is 12.3 Å². The van der Waals surface area contributed by atoms with E-state index >= 15 is 0 Å². The molecule has 1 aliphatic heterocycles. The average Bonchev–Trinajstić information content (AvgIpc) is 2.55. The first kappa shape index (κ1) is 14.0. The monoisotopic (exact) mass is 284 g/mol. The second kappa shape index (κ2) is 7.14. The van der Waals surface area contributed by atoms with Crippen molar-refractivity contribution in [3.63, 3.8) is 0 Å². The second-order valence-electron chi connectivity index (χ2n) is 5.58. The maximum atomic E-state index is 4.82. The number of allylic oxidation sites excluding steroid dienone is 4. The Bertz CT molecular complexity index is 486. The number of nitrogens with zero attached hydrogens (tertiary/aromatic N) is 1. The van der Waals surface area contributed by atoms with Gasteiger partial charge in [0.25, 0.3) is 0 Å². The van der Waals surface area contributed by atoms with Gasteiger partial charge in [-0.25, -0.2) is 5.32 Å². The van der Waals surface area contributed by atoms with Crippen molar-refractivity contribution in [3.8, 4) is 0 Å². The Kier molecular flexibility index (Phi) is 4.99. The molecular formula is C18H22NS. The van der Waals surface area contributed by atoms with E-state index < -0.39 is 0 Å². The zero-order valence-electron chi connectivity index (χ0n) is 11.9. The van der Waals surface area contributed by atoms with Gasteiger partial charge in [-0.1, -0.05) is 48.9 Å². The van der Waals surface area contributed by atoms with Gasteiger partial charge in [-0.05, 0) is 36.8 Å². The van der Waals surface area contributed by atoms with Gasteiger partial charge in [0.05, 0.1) is 6.04 Å². The lowest BCUT2D eigenvalue weighted by Crippen LogP contribution is -2.20. The molecule has 2 aliphatic rings. The Morgan fingerprint density at radius 1 is 1.15 bits per heavy atom. The third-order valence-corrected chi connectivity index (χ3v) is 5.31. The predicted octanol–water partition coefficient (Wildman–Crippen LogP) is 4.74. The van der Waals surface area contributed by atoms with Crippen LogP contribution >= 0.6 is 11.8 Å². The fraction of sp³-hybridized carbons (Fsp3) is 0.444. The summed E-state index contributed by atoms with van der Waals surface area (Å²) in [4.78, 5) is 1.44. The molecule has 0 aromatic heterocycles. The highest BCUT2D eigenvalue weighted by Crippen LogP contribution is 2.34. The fourth-order valence-electron chi connectivity index (χ4n) is 2.88. The SMILES string of the molecule is C1=CCC(CSc2ccccc2C2CCCC[N]2)C=C1. The van der Waals surface area contributed by atoms with Crippen LogP contribution in [0, 0.1) is 5.92 Å². The van der Waals surface area contributed by atoms with E-state index in [0.29, 0.717) is 12.0 Å². The van der Waals surface area contributed by atoms with E-state index in [9.17, 15) is 0 Å². The molecule has 0 bridgehead atoms. The van der Waals surface area contributed by atoms with E-state index in [1.165, 1.54) is 41.9 Å². The molecule has 2 atom stereocenters. The van der Waals surface area contributed by atoms with Crippen molar-refractivity contribution in [1.82, 2.24) is 5.32 Å². The molecule has 0 amide bonds. The molecule has 2 heteroatoms. The average molecular weight is 284 g/mol. The van der Waals surface area contributed by atoms with Crippen LogP contribution in [-0.2, 0) is 0 Å². The molecule has 2 unspecified atom stereocenters. The molecule has 1 aliphatic carbocycles. The van der Waals surface area contributed by atoms with Gasteiger partial charge in [0.1, 0.15) is 0 Å². The fourth-order valence-corrected chi connectivity index (χ4v) is 4.07. The molecule has 0 N–H and O–H groups in total. The molecule has 1 aromatic rings. The summed E-state index contributed by atoms with van der Waals surface area (Å²) in [5, 5.41) is 4.82. The lowest BCUT2D eigenvalue weighted by atomic mass is 9.98. The van der Waals surface area contributed by atoms with Gasteiger partial charge in [0.15, 0.2) is 0 Å². The predicted molar refractivity (Wildman–Crippen MR) is 87.1 cm³/mol. The number of hydrogen-bond acceptors (Lipinski definition) is 1. The van der Waals surface area contributed by atoms with Gasteiger partial charge < -0.3 is 0 Å². The maximum Gasteiger partial charge on any atom is 0.0506 e. The minimum atomic E-state index is 0.439. The molecule has 1 nitrogen and oxygen atoms in total. The minimum absolute atomic E-state index is 0.439. The first-order valence-corrected chi connectivity index (χ1v) is 8.64. The third-order valence-electron chi connectivity index (χ3n) is 4.04. The normalized spacial score (nSPS) is 25.8. The van der Waals surface area contributed by atoms with E-state index in [2.05, 4.69) is 48.6 Å². The molecular weight excluding hydrogens is 262 g/mol. The minimum Gasteiger partial charge on any atom is -0.234 e. The van der Waals surface area contributed by atoms with Crippen LogP contribution in [0.1, 0.15) is 37.3 Å². The number of piperidine rings is 1. The van der Waals surface area contributed by atoms with Crippen LogP contribution in [0.25, 0.3) is 0 Å². The van der Waals surface area contributed by atoms with Crippen LogP contribution in [0.4, 0.5) is 0 Å². The van der Waals surface area contributed by atoms with Crippen molar-refractivity contribution in [3.05, 3.63) is 54.1 Å². The van der Waals surface area contributed by atoms with Gasteiger partial charge >= 0.3 is 0 Å². The van der Waals surface area contributed by atoms with Crippen LogP contribution in [0.3, 0.4) is 0 Å². The first-order valence-electron chi connectivity index (χ1n) is 7.65. The number of benzene rings is 1. The first-order chi connectivity index (χ1) is 9.93. The molecule has 1 aromatic carbocycles. The number of rotatable bonds is 4. The topological polar surface area (TPSA) is 14.1 Å². The lowest BCUT2D eigenvalue weighted by Gasteiger charge is -2.24. The van der Waals surface area contributed by atoms with Gasteiger partial charge in [0, 0.05) is 17.2 Å². The second-order valence-corrected chi connectivity index (χ2v) is 6.64. The summed E-state index contributed by atoms with van der Waals surface area (Å²) in [6.45, 7) is 1.04. The Balaban J connectivity index is 1.66. The van der Waals surface area contributed by atoms with E-state index in [1.807, 2.05) is 11.8 Å². The standard InChI is InChI=1S/C18H22NS/c1-2-8-15(9-3-1)14-20-18-12-5-4-10-16(18)17-11-6-7-13-19-17/h1-5,8,10,12,15,17H,6-7,9,11,13-14H2. The molecule has 1 heterocycles. The zero-order chi connectivity index (χ0) is 13.6. The molecule has 105 valence electrons. The molecule has 3 rings (SSSR count). The molecule has 1 fully saturated rings. The van der Waals surface area contributed by atoms with Gasteiger partial charge in [-0.15, -0.1) is 11.8 Å². The smallest absolute Gasteiger partial charge is 0.0506 e. The maximum absolute atomic E-state index is 4.82. The van der Waals surface area contributed by atoms with Crippen molar-refractivity contribution in [1.29, 1.82) is 0 Å². The van der Waals surface area contributed by atoms with Gasteiger partial charge in [-0.2, -0.15) is 0 Å². The largest absolute Gasteiger partial charge is 0.234 e. The molecule has 1 saturated heterocycles. The van der Waals surface area contributed by atoms with Gasteiger partial charge in [0.2, 0.25) is 0 Å². The molecule has 1 radical (unpaired) electrons. The Morgan fingerprint density at radius 2 is 2.10 bits per heavy atom.